The lowest BCUT2D eigenvalue weighted by molar-refractivity contribution is 0.0268. The van der Waals surface area contributed by atoms with Crippen molar-refractivity contribution in [2.24, 2.45) is 4.99 Å². The molecule has 2 aromatic heterocycles. The first-order chi connectivity index (χ1) is 10.5. The number of ether oxygens (including phenoxy) is 1. The van der Waals surface area contributed by atoms with Gasteiger partial charge in [-0.1, -0.05) is 6.07 Å². The molecule has 22 heavy (non-hydrogen) atoms. The van der Waals surface area contributed by atoms with Crippen molar-refractivity contribution in [1.29, 1.82) is 0 Å². The summed E-state index contributed by atoms with van der Waals surface area (Å²) in [5, 5.41) is 6.55. The van der Waals surface area contributed by atoms with Crippen LogP contribution in [0.2, 0.25) is 0 Å². The van der Waals surface area contributed by atoms with Gasteiger partial charge in [0.2, 0.25) is 0 Å². The first-order valence-corrected chi connectivity index (χ1v) is 7.46. The molecule has 0 bridgehead atoms. The van der Waals surface area contributed by atoms with E-state index in [0.29, 0.717) is 6.54 Å². The smallest absolute Gasteiger partial charge is 0.191 e. The first kappa shape index (κ1) is 16.3. The van der Waals surface area contributed by atoms with Gasteiger partial charge in [-0.05, 0) is 26.0 Å². The maximum atomic E-state index is 5.38. The number of hydrogen-bond donors (Lipinski definition) is 2. The van der Waals surface area contributed by atoms with Crippen LogP contribution in [-0.2, 0) is 11.2 Å². The predicted octanol–water partition coefficient (Wildman–Crippen LogP) is 1.47. The largest absolute Gasteiger partial charge is 0.377 e. The molecule has 2 rings (SSSR count). The van der Waals surface area contributed by atoms with E-state index in [2.05, 4.69) is 26.8 Å². The summed E-state index contributed by atoms with van der Waals surface area (Å²) in [5.74, 6) is 0.772. The first-order valence-electron chi connectivity index (χ1n) is 7.46. The van der Waals surface area contributed by atoms with Gasteiger partial charge in [-0.15, -0.1) is 0 Å². The zero-order valence-electron chi connectivity index (χ0n) is 13.8. The summed E-state index contributed by atoms with van der Waals surface area (Å²) in [7, 11) is 3.47. The van der Waals surface area contributed by atoms with Crippen molar-refractivity contribution >= 4 is 11.6 Å². The van der Waals surface area contributed by atoms with E-state index in [9.17, 15) is 0 Å². The number of nitrogens with one attached hydrogen (secondary N) is 2. The Balaban J connectivity index is 1.81. The number of methoxy groups -OCH3 is 1. The Labute approximate surface area is 131 Å². The van der Waals surface area contributed by atoms with E-state index in [1.807, 2.05) is 42.6 Å². The van der Waals surface area contributed by atoms with Gasteiger partial charge in [0.1, 0.15) is 5.65 Å². The molecule has 0 saturated heterocycles. The second-order valence-corrected chi connectivity index (χ2v) is 5.76. The van der Waals surface area contributed by atoms with Crippen LogP contribution in [0, 0.1) is 0 Å². The monoisotopic (exact) mass is 303 g/mol. The second-order valence-electron chi connectivity index (χ2n) is 5.76. The molecule has 0 unspecified atom stereocenters. The van der Waals surface area contributed by atoms with E-state index in [0.717, 1.165) is 30.3 Å². The molecule has 2 heterocycles. The minimum absolute atomic E-state index is 0.223. The Morgan fingerprint density at radius 2 is 2.18 bits per heavy atom. The van der Waals surface area contributed by atoms with E-state index in [-0.39, 0.29) is 5.60 Å². The fourth-order valence-corrected chi connectivity index (χ4v) is 2.01. The molecule has 0 atom stereocenters. The van der Waals surface area contributed by atoms with Crippen LogP contribution in [0.25, 0.3) is 5.65 Å². The van der Waals surface area contributed by atoms with E-state index >= 15 is 0 Å². The Bertz CT molecular complexity index is 599. The van der Waals surface area contributed by atoms with E-state index in [1.54, 1.807) is 14.2 Å². The molecule has 0 aliphatic rings. The predicted molar refractivity (Wildman–Crippen MR) is 89.3 cm³/mol. The average Bonchev–Trinajstić information content (AvgIpc) is 2.93. The van der Waals surface area contributed by atoms with Gasteiger partial charge in [-0.2, -0.15) is 0 Å². The highest BCUT2D eigenvalue weighted by Gasteiger charge is 2.16. The Hall–Kier alpha value is -2.08. The molecule has 0 spiro atoms. The van der Waals surface area contributed by atoms with Gasteiger partial charge in [0.15, 0.2) is 5.96 Å². The van der Waals surface area contributed by atoms with Crippen molar-refractivity contribution in [3.8, 4) is 0 Å². The average molecular weight is 303 g/mol. The van der Waals surface area contributed by atoms with Crippen molar-refractivity contribution in [2.45, 2.75) is 25.9 Å². The number of rotatable bonds is 6. The van der Waals surface area contributed by atoms with Gasteiger partial charge < -0.3 is 19.8 Å². The molecule has 0 saturated carbocycles. The molecule has 6 heteroatoms. The molecule has 6 nitrogen and oxygen atoms in total. The number of hydrogen-bond acceptors (Lipinski definition) is 3. The molecule has 0 aliphatic carbocycles. The number of pyridine rings is 1. The third-order valence-electron chi connectivity index (χ3n) is 3.55. The highest BCUT2D eigenvalue weighted by molar-refractivity contribution is 5.79. The Kier molecular flexibility index (Phi) is 5.38. The van der Waals surface area contributed by atoms with Crippen LogP contribution in [-0.4, -0.2) is 48.2 Å². The minimum atomic E-state index is -0.223. The highest BCUT2D eigenvalue weighted by Crippen LogP contribution is 2.05. The fourth-order valence-electron chi connectivity index (χ4n) is 2.01. The topological polar surface area (TPSA) is 63.0 Å². The van der Waals surface area contributed by atoms with Crippen molar-refractivity contribution in [2.75, 3.05) is 27.2 Å². The van der Waals surface area contributed by atoms with E-state index in [4.69, 9.17) is 4.74 Å². The van der Waals surface area contributed by atoms with Gasteiger partial charge in [-0.25, -0.2) is 4.98 Å². The Morgan fingerprint density at radius 1 is 1.36 bits per heavy atom. The fraction of sp³-hybridized carbons (Fsp3) is 0.500. The molecule has 0 amide bonds. The highest BCUT2D eigenvalue weighted by atomic mass is 16.5. The van der Waals surface area contributed by atoms with Crippen LogP contribution in [0.15, 0.2) is 35.6 Å². The number of fused-ring (bicyclic) bond motifs is 1. The molecule has 2 N–H and O–H groups in total. The number of nitrogens with zero attached hydrogens (tertiary/aromatic N) is 3. The molecule has 120 valence electrons. The van der Waals surface area contributed by atoms with Gasteiger partial charge in [0, 0.05) is 46.1 Å². The molecular formula is C16H25N5O. The summed E-state index contributed by atoms with van der Waals surface area (Å²) in [6.45, 7) is 5.53. The number of guanidine groups is 1. The van der Waals surface area contributed by atoms with Crippen molar-refractivity contribution in [3.63, 3.8) is 0 Å². The van der Waals surface area contributed by atoms with Gasteiger partial charge in [0.25, 0.3) is 0 Å². The molecular weight excluding hydrogens is 278 g/mol. The van der Waals surface area contributed by atoms with Crippen molar-refractivity contribution in [3.05, 3.63) is 36.3 Å². The summed E-state index contributed by atoms with van der Waals surface area (Å²) in [6, 6.07) is 6.00. The standard InChI is InChI=1S/C16H25N5O/c1-16(2,22-4)12-19-15(17-3)18-9-8-13-11-21-10-6-5-7-14(21)20-13/h5-7,10-11H,8-9,12H2,1-4H3,(H2,17,18,19). The summed E-state index contributed by atoms with van der Waals surface area (Å²) in [6.07, 6.45) is 4.91. The van der Waals surface area contributed by atoms with Crippen LogP contribution >= 0.6 is 0 Å². The minimum Gasteiger partial charge on any atom is -0.377 e. The molecule has 0 radical (unpaired) electrons. The number of aromatic nitrogens is 2. The van der Waals surface area contributed by atoms with Crippen LogP contribution in [0.3, 0.4) is 0 Å². The summed E-state index contributed by atoms with van der Waals surface area (Å²) in [5.41, 5.74) is 1.81. The number of aliphatic imine (C=N–C) groups is 1. The third kappa shape index (κ3) is 4.46. The van der Waals surface area contributed by atoms with Crippen LogP contribution in [0.4, 0.5) is 0 Å². The van der Waals surface area contributed by atoms with Gasteiger partial charge in [-0.3, -0.25) is 4.99 Å². The van der Waals surface area contributed by atoms with Gasteiger partial charge in [0.05, 0.1) is 11.3 Å². The normalized spacial score (nSPS) is 12.6. The third-order valence-corrected chi connectivity index (χ3v) is 3.55. The van der Waals surface area contributed by atoms with Crippen molar-refractivity contribution < 1.29 is 4.74 Å². The van der Waals surface area contributed by atoms with Crippen LogP contribution in [0.1, 0.15) is 19.5 Å². The maximum absolute atomic E-state index is 5.38. The second kappa shape index (κ2) is 7.26. The number of imidazole rings is 1. The van der Waals surface area contributed by atoms with Crippen molar-refractivity contribution in [1.82, 2.24) is 20.0 Å². The van der Waals surface area contributed by atoms with Crippen LogP contribution in [0.5, 0.6) is 0 Å². The lowest BCUT2D eigenvalue weighted by atomic mass is 10.1. The lowest BCUT2D eigenvalue weighted by Gasteiger charge is -2.24. The molecule has 2 aromatic rings. The van der Waals surface area contributed by atoms with Gasteiger partial charge >= 0.3 is 0 Å². The zero-order chi connectivity index (χ0) is 16.0. The Morgan fingerprint density at radius 3 is 2.86 bits per heavy atom. The zero-order valence-corrected chi connectivity index (χ0v) is 13.8. The van der Waals surface area contributed by atoms with E-state index < -0.39 is 0 Å². The summed E-state index contributed by atoms with van der Waals surface area (Å²) in [4.78, 5) is 8.79. The molecule has 0 aromatic carbocycles. The summed E-state index contributed by atoms with van der Waals surface area (Å²) >= 11 is 0. The quantitative estimate of drug-likeness (QED) is 0.626. The molecule has 0 aliphatic heterocycles. The lowest BCUT2D eigenvalue weighted by Crippen LogP contribution is -2.45. The maximum Gasteiger partial charge on any atom is 0.191 e. The SMILES string of the molecule is CN=C(NCCc1cn2ccccc2n1)NCC(C)(C)OC. The van der Waals surface area contributed by atoms with Crippen LogP contribution < -0.4 is 10.6 Å². The van der Waals surface area contributed by atoms with E-state index in [1.165, 1.54) is 0 Å². The molecule has 0 fully saturated rings. The summed E-state index contributed by atoms with van der Waals surface area (Å²) < 4.78 is 7.41.